The number of piperidine rings is 1. The Kier molecular flexibility index (Phi) is 4.76. The lowest BCUT2D eigenvalue weighted by molar-refractivity contribution is -0.196. The average molecular weight is 331 g/mol. The zero-order valence-electron chi connectivity index (χ0n) is 12.3. The molecule has 0 saturated carbocycles. The van der Waals surface area contributed by atoms with Gasteiger partial charge in [0.1, 0.15) is 6.04 Å². The molecule has 23 heavy (non-hydrogen) atoms. The van der Waals surface area contributed by atoms with Crippen LogP contribution in [0.2, 0.25) is 0 Å². The molecule has 0 aromatic carbocycles. The van der Waals surface area contributed by atoms with Crippen molar-refractivity contribution in [3.05, 3.63) is 34.2 Å². The Morgan fingerprint density at radius 3 is 2.52 bits per heavy atom. The van der Waals surface area contributed by atoms with Gasteiger partial charge in [0.2, 0.25) is 11.5 Å². The first kappa shape index (κ1) is 17.0. The molecule has 1 saturated heterocycles. The van der Waals surface area contributed by atoms with Crippen molar-refractivity contribution in [2.45, 2.75) is 38.0 Å². The number of likely N-dealkylation sites (tertiary alicyclic amines) is 1. The van der Waals surface area contributed by atoms with Crippen LogP contribution in [0.25, 0.3) is 0 Å². The van der Waals surface area contributed by atoms with Crippen molar-refractivity contribution in [3.8, 4) is 0 Å². The summed E-state index contributed by atoms with van der Waals surface area (Å²) in [6.07, 6.45) is -3.41. The highest BCUT2D eigenvalue weighted by molar-refractivity contribution is 5.94. The average Bonchev–Trinajstić information content (AvgIpc) is 2.46. The van der Waals surface area contributed by atoms with Crippen molar-refractivity contribution >= 4 is 11.8 Å². The van der Waals surface area contributed by atoms with E-state index in [1.54, 1.807) is 0 Å². The van der Waals surface area contributed by atoms with Crippen LogP contribution in [0, 0.1) is 0 Å². The summed E-state index contributed by atoms with van der Waals surface area (Å²) >= 11 is 0. The van der Waals surface area contributed by atoms with Crippen molar-refractivity contribution in [1.82, 2.24) is 15.2 Å². The van der Waals surface area contributed by atoms with Gasteiger partial charge in [-0.1, -0.05) is 0 Å². The summed E-state index contributed by atoms with van der Waals surface area (Å²) in [6.45, 7) is 0.874. The van der Waals surface area contributed by atoms with E-state index >= 15 is 0 Å². The number of aromatic nitrogens is 1. The van der Waals surface area contributed by atoms with Crippen molar-refractivity contribution in [3.63, 3.8) is 0 Å². The number of carbonyl (C=O) groups excluding carboxylic acids is 2. The number of carbonyl (C=O) groups is 2. The van der Waals surface area contributed by atoms with Crippen LogP contribution in [0.15, 0.2) is 23.1 Å². The highest BCUT2D eigenvalue weighted by atomic mass is 19.4. The van der Waals surface area contributed by atoms with Gasteiger partial charge in [-0.3, -0.25) is 14.4 Å². The Morgan fingerprint density at radius 1 is 1.30 bits per heavy atom. The Morgan fingerprint density at radius 2 is 2.00 bits per heavy atom. The number of nitrogens with one attached hydrogen (secondary N) is 2. The van der Waals surface area contributed by atoms with Gasteiger partial charge in [-0.25, -0.2) is 0 Å². The molecule has 2 rings (SSSR count). The van der Waals surface area contributed by atoms with Crippen LogP contribution >= 0.6 is 0 Å². The maximum absolute atomic E-state index is 12.9. The lowest BCUT2D eigenvalue weighted by Gasteiger charge is -2.40. The maximum Gasteiger partial charge on any atom is 0.408 e. The third-order valence-electron chi connectivity index (χ3n) is 3.75. The standard InChI is InChI=1S/C14H16F3N3O3/c1-8(21)20-7-10(3-4-11(20)14(15,16)17)19-13(23)9-2-5-12(22)18-6-9/h2,5-6,10-11H,3-4,7H2,1H3,(H,18,22)(H,19,23). The van der Waals surface area contributed by atoms with E-state index in [9.17, 15) is 27.6 Å². The van der Waals surface area contributed by atoms with Gasteiger partial charge in [0, 0.05) is 31.8 Å². The molecular weight excluding hydrogens is 315 g/mol. The van der Waals surface area contributed by atoms with Crippen LogP contribution in [-0.2, 0) is 4.79 Å². The Hall–Kier alpha value is -2.32. The summed E-state index contributed by atoms with van der Waals surface area (Å²) in [5.41, 5.74) is -0.174. The first-order chi connectivity index (χ1) is 10.7. The van der Waals surface area contributed by atoms with Gasteiger partial charge in [0.15, 0.2) is 0 Å². The molecule has 2 amide bonds. The van der Waals surface area contributed by atoms with Gasteiger partial charge >= 0.3 is 6.18 Å². The second-order valence-corrected chi connectivity index (χ2v) is 5.42. The zero-order valence-corrected chi connectivity index (χ0v) is 12.3. The molecule has 2 N–H and O–H groups in total. The van der Waals surface area contributed by atoms with Gasteiger partial charge < -0.3 is 15.2 Å². The minimum atomic E-state index is -4.49. The molecule has 6 nitrogen and oxygen atoms in total. The maximum atomic E-state index is 12.9. The van der Waals surface area contributed by atoms with E-state index in [4.69, 9.17) is 0 Å². The van der Waals surface area contributed by atoms with Crippen LogP contribution in [0.3, 0.4) is 0 Å². The smallest absolute Gasteiger partial charge is 0.347 e. The lowest BCUT2D eigenvalue weighted by atomic mass is 9.97. The molecule has 2 unspecified atom stereocenters. The van der Waals surface area contributed by atoms with Crippen LogP contribution in [0.5, 0.6) is 0 Å². The summed E-state index contributed by atoms with van der Waals surface area (Å²) in [7, 11) is 0. The third-order valence-corrected chi connectivity index (χ3v) is 3.75. The molecular formula is C14H16F3N3O3. The number of amides is 2. The Bertz CT molecular complexity index is 636. The van der Waals surface area contributed by atoms with Crippen molar-refractivity contribution in [2.75, 3.05) is 6.54 Å². The van der Waals surface area contributed by atoms with E-state index in [1.165, 1.54) is 18.3 Å². The number of nitrogens with zero attached hydrogens (tertiary/aromatic N) is 1. The largest absolute Gasteiger partial charge is 0.408 e. The molecule has 1 aliphatic heterocycles. The SMILES string of the molecule is CC(=O)N1CC(NC(=O)c2ccc(=O)[nH]c2)CCC1C(F)(F)F. The second kappa shape index (κ2) is 6.43. The highest BCUT2D eigenvalue weighted by Gasteiger charge is 2.47. The van der Waals surface area contributed by atoms with E-state index in [1.807, 2.05) is 0 Å². The lowest BCUT2D eigenvalue weighted by Crippen LogP contribution is -2.57. The van der Waals surface area contributed by atoms with Gasteiger partial charge in [0.05, 0.1) is 5.56 Å². The third kappa shape index (κ3) is 4.11. The van der Waals surface area contributed by atoms with E-state index in [-0.39, 0.29) is 30.5 Å². The molecule has 0 bridgehead atoms. The highest BCUT2D eigenvalue weighted by Crippen LogP contribution is 2.32. The number of aromatic amines is 1. The molecule has 0 aliphatic carbocycles. The normalized spacial score (nSPS) is 21.8. The Labute approximate surface area is 129 Å². The fraction of sp³-hybridized carbons (Fsp3) is 0.500. The minimum absolute atomic E-state index is 0.114. The van der Waals surface area contributed by atoms with Crippen LogP contribution in [-0.4, -0.2) is 46.5 Å². The monoisotopic (exact) mass is 331 g/mol. The predicted molar refractivity (Wildman–Crippen MR) is 74.8 cm³/mol. The zero-order chi connectivity index (χ0) is 17.2. The van der Waals surface area contributed by atoms with Crippen molar-refractivity contribution < 1.29 is 22.8 Å². The molecule has 1 fully saturated rings. The molecule has 2 atom stereocenters. The van der Waals surface area contributed by atoms with E-state index < -0.39 is 30.1 Å². The van der Waals surface area contributed by atoms with Crippen LogP contribution in [0.4, 0.5) is 13.2 Å². The molecule has 1 aromatic heterocycles. The summed E-state index contributed by atoms with van der Waals surface area (Å²) in [6, 6.07) is 0.105. The molecule has 1 aromatic rings. The quantitative estimate of drug-likeness (QED) is 0.850. The molecule has 0 radical (unpaired) electrons. The number of hydrogen-bond donors (Lipinski definition) is 2. The van der Waals surface area contributed by atoms with Gasteiger partial charge in [0.25, 0.3) is 5.91 Å². The Balaban J connectivity index is 2.05. The van der Waals surface area contributed by atoms with E-state index in [0.29, 0.717) is 0 Å². The van der Waals surface area contributed by atoms with E-state index in [2.05, 4.69) is 10.3 Å². The second-order valence-electron chi connectivity index (χ2n) is 5.42. The summed E-state index contributed by atoms with van der Waals surface area (Å²) in [5.74, 6) is -1.20. The number of alkyl halides is 3. The molecule has 9 heteroatoms. The number of H-pyrrole nitrogens is 1. The number of hydrogen-bond acceptors (Lipinski definition) is 3. The predicted octanol–water partition coefficient (Wildman–Crippen LogP) is 1.05. The fourth-order valence-corrected chi connectivity index (χ4v) is 2.60. The first-order valence-corrected chi connectivity index (χ1v) is 7.02. The number of pyridine rings is 1. The van der Waals surface area contributed by atoms with E-state index in [0.717, 1.165) is 11.8 Å². The molecule has 126 valence electrons. The number of rotatable bonds is 2. The summed E-state index contributed by atoms with van der Waals surface area (Å²) in [5, 5.41) is 2.59. The molecule has 1 aliphatic rings. The summed E-state index contributed by atoms with van der Waals surface area (Å²) in [4.78, 5) is 37.5. The van der Waals surface area contributed by atoms with Crippen molar-refractivity contribution in [1.29, 1.82) is 0 Å². The minimum Gasteiger partial charge on any atom is -0.347 e. The molecule has 2 heterocycles. The van der Waals surface area contributed by atoms with Gasteiger partial charge in [-0.05, 0) is 18.9 Å². The van der Waals surface area contributed by atoms with Crippen molar-refractivity contribution in [2.24, 2.45) is 0 Å². The number of halogens is 3. The van der Waals surface area contributed by atoms with Crippen LogP contribution in [0.1, 0.15) is 30.1 Å². The van der Waals surface area contributed by atoms with Crippen LogP contribution < -0.4 is 10.9 Å². The fourth-order valence-electron chi connectivity index (χ4n) is 2.60. The topological polar surface area (TPSA) is 82.3 Å². The molecule has 0 spiro atoms. The van der Waals surface area contributed by atoms with Gasteiger partial charge in [-0.2, -0.15) is 13.2 Å². The van der Waals surface area contributed by atoms with Gasteiger partial charge in [-0.15, -0.1) is 0 Å². The summed E-state index contributed by atoms with van der Waals surface area (Å²) < 4.78 is 38.8. The first-order valence-electron chi connectivity index (χ1n) is 7.02.